The molecule has 0 bridgehead atoms. The first-order valence-corrected chi connectivity index (χ1v) is 25.4. The number of hydrogen-bond acceptors (Lipinski definition) is 9. The van der Waals surface area contributed by atoms with Crippen LogP contribution in [0.25, 0.3) is 0 Å². The number of unbranched alkanes of at least 4 members (excludes halogenated alkanes) is 14. The molecule has 0 saturated carbocycles. The topological polar surface area (TPSA) is 149 Å². The van der Waals surface area contributed by atoms with Crippen LogP contribution in [0, 0.1) is 0 Å². The Morgan fingerprint density at radius 3 is 1.66 bits per heavy atom. The number of ether oxygens (including phenoxy) is 2. The predicted molar refractivity (Wildman–Crippen MR) is 254 cm³/mol. The Morgan fingerprint density at radius 2 is 1.08 bits per heavy atom. The van der Waals surface area contributed by atoms with E-state index in [1.54, 1.807) is 18.2 Å². The zero-order chi connectivity index (χ0) is 46.0. The highest BCUT2D eigenvalue weighted by molar-refractivity contribution is 7.47. The summed E-state index contributed by atoms with van der Waals surface area (Å²) < 4.78 is 34.2. The highest BCUT2D eigenvalue weighted by Gasteiger charge is 2.27. The van der Waals surface area contributed by atoms with E-state index < -0.39 is 44.7 Å². The number of aliphatic hydroxyl groups is 2. The SMILES string of the molecule is CCCCC/C=C\C/C=C\CCCCCCCCCCCC(=O)O[C@H](COC(=O)CCC[C@@H](O)/C=C/C=C\C/C=C\C=C\[C@@H](O)CCCCC)COP(=O)(O)OCC[N+](C)(C)C. The van der Waals surface area contributed by atoms with Gasteiger partial charge in [-0.3, -0.25) is 18.6 Å². The number of carbonyl (C=O) groups excluding carboxylic acids is 2. The number of phosphoric acid groups is 1. The summed E-state index contributed by atoms with van der Waals surface area (Å²) in [5, 5.41) is 20.2. The van der Waals surface area contributed by atoms with Gasteiger partial charge in [0, 0.05) is 12.8 Å². The van der Waals surface area contributed by atoms with E-state index >= 15 is 0 Å². The number of likely N-dealkylation sites (N-methyl/N-ethyl adjacent to an activating group) is 1. The third-order valence-electron chi connectivity index (χ3n) is 9.92. The molecule has 0 saturated heterocycles. The number of phosphoric ester groups is 1. The fraction of sp³-hybridized carbons (Fsp3) is 0.720. The van der Waals surface area contributed by atoms with Crippen LogP contribution in [0.2, 0.25) is 0 Å². The molecule has 0 amide bonds. The summed E-state index contributed by atoms with van der Waals surface area (Å²) in [6.45, 7) is 4.02. The fourth-order valence-corrected chi connectivity index (χ4v) is 6.82. The third-order valence-corrected chi connectivity index (χ3v) is 10.9. The number of hydrogen-bond donors (Lipinski definition) is 3. The maximum atomic E-state index is 12.7. The summed E-state index contributed by atoms with van der Waals surface area (Å²) >= 11 is 0. The summed E-state index contributed by atoms with van der Waals surface area (Å²) in [5.74, 6) is -1.04. The Bertz CT molecular complexity index is 1320. The molecule has 3 N–H and O–H groups in total. The van der Waals surface area contributed by atoms with Gasteiger partial charge in [-0.05, 0) is 64.2 Å². The van der Waals surface area contributed by atoms with Crippen molar-refractivity contribution in [3.8, 4) is 0 Å². The lowest BCUT2D eigenvalue weighted by molar-refractivity contribution is -0.870. The molecule has 62 heavy (non-hydrogen) atoms. The molecule has 0 fully saturated rings. The number of allylic oxidation sites excluding steroid dienone is 10. The van der Waals surface area contributed by atoms with Crippen LogP contribution in [-0.4, -0.2) is 97.3 Å². The second kappa shape index (κ2) is 41.1. The second-order valence-corrected chi connectivity index (χ2v) is 18.6. The molecule has 0 aliphatic heterocycles. The largest absolute Gasteiger partial charge is 0.472 e. The van der Waals surface area contributed by atoms with Crippen LogP contribution in [0.1, 0.15) is 168 Å². The maximum absolute atomic E-state index is 12.7. The molecule has 0 aliphatic carbocycles. The van der Waals surface area contributed by atoms with Crippen LogP contribution in [0.15, 0.2) is 72.9 Å². The van der Waals surface area contributed by atoms with Crippen molar-refractivity contribution in [3.63, 3.8) is 0 Å². The quantitative estimate of drug-likeness (QED) is 0.0135. The summed E-state index contributed by atoms with van der Waals surface area (Å²) in [4.78, 5) is 35.5. The van der Waals surface area contributed by atoms with Crippen molar-refractivity contribution in [3.05, 3.63) is 72.9 Å². The first kappa shape index (κ1) is 59.4. The van der Waals surface area contributed by atoms with Gasteiger partial charge in [0.1, 0.15) is 19.8 Å². The zero-order valence-corrected chi connectivity index (χ0v) is 40.4. The smallest absolute Gasteiger partial charge is 0.462 e. The van der Waals surface area contributed by atoms with E-state index in [9.17, 15) is 29.3 Å². The summed E-state index contributed by atoms with van der Waals surface area (Å²) in [6.07, 6.45) is 44.5. The number of esters is 2. The summed E-state index contributed by atoms with van der Waals surface area (Å²) in [5.41, 5.74) is 0. The Balaban J connectivity index is 4.54. The monoisotopic (exact) mass is 895 g/mol. The Labute approximate surface area is 377 Å². The molecule has 0 aliphatic rings. The van der Waals surface area contributed by atoms with Crippen molar-refractivity contribution >= 4 is 19.8 Å². The van der Waals surface area contributed by atoms with E-state index in [0.29, 0.717) is 36.7 Å². The zero-order valence-electron chi connectivity index (χ0n) is 39.6. The Kier molecular flexibility index (Phi) is 39.4. The number of aliphatic hydroxyl groups excluding tert-OH is 2. The van der Waals surface area contributed by atoms with Gasteiger partial charge >= 0.3 is 19.8 Å². The number of quaternary nitrogens is 1. The van der Waals surface area contributed by atoms with E-state index in [1.165, 1.54) is 57.8 Å². The molecule has 0 rings (SSSR count). The fourth-order valence-electron chi connectivity index (χ4n) is 6.08. The Hall–Kier alpha value is -2.63. The average molecular weight is 895 g/mol. The van der Waals surface area contributed by atoms with Gasteiger partial charge in [0.05, 0.1) is 40.0 Å². The van der Waals surface area contributed by atoms with Gasteiger partial charge in [0.25, 0.3) is 0 Å². The lowest BCUT2D eigenvalue weighted by Crippen LogP contribution is -2.37. The minimum Gasteiger partial charge on any atom is -0.462 e. The molecule has 1 unspecified atom stereocenters. The molecular formula is C50H89NO10P+. The standard InChI is InChI=1S/C50H88NO10P/c1-6-8-10-11-12-13-14-15-16-17-18-19-20-21-22-23-27-30-34-40-50(55)61-48(45-60-62(56,57)59-43-42-51(3,4)5)44-58-49(54)41-35-39-47(53)38-33-29-26-24-25-28-32-37-46(52)36-31-9-7-2/h12-13,15-16,25-26,28-29,32-33,37-38,46-48,52-53H,6-11,14,17-24,27,30-31,34-36,39-45H2,1-5H3/p+1/b13-12-,16-15-,28-25-,29-26-,37-32+,38-33+/t46-,47-,48+/m0/s1. The predicted octanol–water partition coefficient (Wildman–Crippen LogP) is 11.7. The minimum absolute atomic E-state index is 0.00975. The molecule has 0 aromatic heterocycles. The molecule has 0 aromatic rings. The summed E-state index contributed by atoms with van der Waals surface area (Å²) in [7, 11) is 1.34. The highest BCUT2D eigenvalue weighted by Crippen LogP contribution is 2.43. The van der Waals surface area contributed by atoms with Gasteiger partial charge in [-0.1, -0.05) is 164 Å². The lowest BCUT2D eigenvalue weighted by Gasteiger charge is -2.24. The highest BCUT2D eigenvalue weighted by atomic mass is 31.2. The molecule has 11 nitrogen and oxygen atoms in total. The molecule has 0 aromatic carbocycles. The van der Waals surface area contributed by atoms with Crippen molar-refractivity contribution < 1.29 is 52.3 Å². The molecule has 12 heteroatoms. The maximum Gasteiger partial charge on any atom is 0.472 e. The molecule has 358 valence electrons. The van der Waals surface area contributed by atoms with Gasteiger partial charge in [0.2, 0.25) is 0 Å². The lowest BCUT2D eigenvalue weighted by atomic mass is 10.1. The van der Waals surface area contributed by atoms with E-state index in [-0.39, 0.29) is 26.1 Å². The van der Waals surface area contributed by atoms with Gasteiger partial charge < -0.3 is 29.1 Å². The van der Waals surface area contributed by atoms with Crippen LogP contribution < -0.4 is 0 Å². The second-order valence-electron chi connectivity index (χ2n) is 17.2. The normalized spacial score (nSPS) is 15.2. The van der Waals surface area contributed by atoms with Crippen molar-refractivity contribution in [2.75, 3.05) is 47.5 Å². The van der Waals surface area contributed by atoms with Gasteiger partial charge in [0.15, 0.2) is 6.10 Å². The van der Waals surface area contributed by atoms with Crippen molar-refractivity contribution in [1.29, 1.82) is 0 Å². The van der Waals surface area contributed by atoms with E-state index in [1.807, 2.05) is 51.5 Å². The van der Waals surface area contributed by atoms with Crippen LogP contribution >= 0.6 is 7.82 Å². The number of nitrogens with zero attached hydrogens (tertiary/aromatic N) is 1. The van der Waals surface area contributed by atoms with Gasteiger partial charge in [-0.25, -0.2) is 4.57 Å². The van der Waals surface area contributed by atoms with E-state index in [0.717, 1.165) is 57.8 Å². The molecule has 4 atom stereocenters. The molecule has 0 spiro atoms. The average Bonchev–Trinajstić information content (AvgIpc) is 3.21. The van der Waals surface area contributed by atoms with Crippen molar-refractivity contribution in [1.82, 2.24) is 0 Å². The van der Waals surface area contributed by atoms with Crippen LogP contribution in [0.4, 0.5) is 0 Å². The van der Waals surface area contributed by atoms with Gasteiger partial charge in [-0.2, -0.15) is 0 Å². The number of rotatable bonds is 42. The van der Waals surface area contributed by atoms with E-state index in [4.69, 9.17) is 18.5 Å². The van der Waals surface area contributed by atoms with Crippen LogP contribution in [-0.2, 0) is 32.7 Å². The van der Waals surface area contributed by atoms with E-state index in [2.05, 4.69) is 38.2 Å². The first-order chi connectivity index (χ1) is 29.8. The first-order valence-electron chi connectivity index (χ1n) is 23.9. The Morgan fingerprint density at radius 1 is 0.581 bits per heavy atom. The summed E-state index contributed by atoms with van der Waals surface area (Å²) in [6, 6.07) is 0. The van der Waals surface area contributed by atoms with Crippen molar-refractivity contribution in [2.24, 2.45) is 0 Å². The molecule has 0 heterocycles. The minimum atomic E-state index is -4.44. The third kappa shape index (κ3) is 44.0. The molecule has 0 radical (unpaired) electrons. The van der Waals surface area contributed by atoms with Crippen LogP contribution in [0.3, 0.4) is 0 Å². The van der Waals surface area contributed by atoms with Crippen LogP contribution in [0.5, 0.6) is 0 Å². The molecular weight excluding hydrogens is 806 g/mol. The number of carbonyl (C=O) groups is 2. The van der Waals surface area contributed by atoms with Crippen molar-refractivity contribution in [2.45, 2.75) is 186 Å². The van der Waals surface area contributed by atoms with Gasteiger partial charge in [-0.15, -0.1) is 0 Å².